The molecular weight excluding hydrogens is 396 g/mol. The Morgan fingerprint density at radius 1 is 0.455 bits per heavy atom. The molecule has 0 nitrogen and oxygen atoms in total. The van der Waals surface area contributed by atoms with Crippen molar-refractivity contribution in [2.45, 2.75) is 149 Å². The molecule has 0 amide bonds. The summed E-state index contributed by atoms with van der Waals surface area (Å²) in [5, 5.41) is 0. The molecule has 0 heteroatoms. The van der Waals surface area contributed by atoms with Gasteiger partial charge in [0.1, 0.15) is 0 Å². The zero-order valence-corrected chi connectivity index (χ0v) is 22.6. The van der Waals surface area contributed by atoms with Crippen molar-refractivity contribution in [1.29, 1.82) is 0 Å². The summed E-state index contributed by atoms with van der Waals surface area (Å²) in [5.41, 5.74) is 0. The Balaban J connectivity index is 1.11. The van der Waals surface area contributed by atoms with Crippen molar-refractivity contribution in [3.8, 4) is 0 Å². The van der Waals surface area contributed by atoms with Gasteiger partial charge >= 0.3 is 0 Å². The van der Waals surface area contributed by atoms with E-state index in [1.165, 1.54) is 57.8 Å². The van der Waals surface area contributed by atoms with Crippen LogP contribution in [0, 0.1) is 47.3 Å². The molecule has 4 aliphatic carbocycles. The fraction of sp³-hybridized carbons (Fsp3) is 0.939. The zero-order valence-electron chi connectivity index (χ0n) is 22.6. The molecule has 2 atom stereocenters. The van der Waals surface area contributed by atoms with Crippen LogP contribution in [0.15, 0.2) is 12.2 Å². The van der Waals surface area contributed by atoms with Gasteiger partial charge in [-0.25, -0.2) is 0 Å². The Hall–Kier alpha value is -0.260. The second-order valence-electron chi connectivity index (χ2n) is 13.2. The average molecular weight is 455 g/mol. The van der Waals surface area contributed by atoms with Gasteiger partial charge in [-0.15, -0.1) is 0 Å². The van der Waals surface area contributed by atoms with E-state index in [1.54, 1.807) is 77.0 Å². The van der Waals surface area contributed by atoms with E-state index in [1.807, 2.05) is 0 Å². The first-order valence-corrected chi connectivity index (χ1v) is 15.9. The van der Waals surface area contributed by atoms with Gasteiger partial charge in [-0.3, -0.25) is 0 Å². The summed E-state index contributed by atoms with van der Waals surface area (Å²) in [6, 6.07) is 0. The summed E-state index contributed by atoms with van der Waals surface area (Å²) in [6.07, 6.45) is 37.2. The van der Waals surface area contributed by atoms with Gasteiger partial charge in [0.25, 0.3) is 0 Å². The molecule has 0 aromatic heterocycles. The van der Waals surface area contributed by atoms with Crippen LogP contribution < -0.4 is 0 Å². The highest BCUT2D eigenvalue weighted by molar-refractivity contribution is 5.01. The molecule has 0 bridgehead atoms. The van der Waals surface area contributed by atoms with E-state index in [-0.39, 0.29) is 0 Å². The summed E-state index contributed by atoms with van der Waals surface area (Å²) in [7, 11) is 0. The van der Waals surface area contributed by atoms with Gasteiger partial charge in [-0.1, -0.05) is 77.4 Å². The van der Waals surface area contributed by atoms with Crippen LogP contribution >= 0.6 is 0 Å². The van der Waals surface area contributed by atoms with Crippen LogP contribution in [-0.4, -0.2) is 0 Å². The van der Waals surface area contributed by atoms with Gasteiger partial charge in [-0.05, 0) is 131 Å². The van der Waals surface area contributed by atoms with Crippen LogP contribution in [0.4, 0.5) is 0 Å². The van der Waals surface area contributed by atoms with Gasteiger partial charge < -0.3 is 0 Å². The van der Waals surface area contributed by atoms with Crippen LogP contribution in [0.3, 0.4) is 0 Å². The van der Waals surface area contributed by atoms with E-state index in [0.29, 0.717) is 0 Å². The van der Waals surface area contributed by atoms with Gasteiger partial charge in [0, 0.05) is 0 Å². The fourth-order valence-electron chi connectivity index (χ4n) is 8.76. The maximum absolute atomic E-state index is 2.67. The summed E-state index contributed by atoms with van der Waals surface area (Å²) < 4.78 is 0. The van der Waals surface area contributed by atoms with E-state index >= 15 is 0 Å². The number of hydrogen-bond donors (Lipinski definition) is 0. The van der Waals surface area contributed by atoms with Gasteiger partial charge in [0.05, 0.1) is 0 Å². The quantitative estimate of drug-likeness (QED) is 0.227. The van der Waals surface area contributed by atoms with Crippen LogP contribution in [-0.2, 0) is 0 Å². The molecule has 0 aromatic rings. The summed E-state index contributed by atoms with van der Waals surface area (Å²) in [4.78, 5) is 0. The maximum atomic E-state index is 2.67. The van der Waals surface area contributed by atoms with Crippen LogP contribution in [0.1, 0.15) is 149 Å². The van der Waals surface area contributed by atoms with E-state index in [4.69, 9.17) is 0 Å². The summed E-state index contributed by atoms with van der Waals surface area (Å²) >= 11 is 0. The highest BCUT2D eigenvalue weighted by Crippen LogP contribution is 2.47. The molecule has 4 rings (SSSR count). The third kappa shape index (κ3) is 7.61. The lowest BCUT2D eigenvalue weighted by molar-refractivity contribution is 0.0965. The first-order chi connectivity index (χ1) is 16.3. The van der Waals surface area contributed by atoms with E-state index in [0.717, 1.165) is 47.3 Å². The van der Waals surface area contributed by atoms with E-state index in [9.17, 15) is 0 Å². The maximum Gasteiger partial charge on any atom is -0.0205 e. The highest BCUT2D eigenvalue weighted by atomic mass is 14.4. The van der Waals surface area contributed by atoms with Crippen molar-refractivity contribution >= 4 is 0 Å². The van der Waals surface area contributed by atoms with Crippen molar-refractivity contribution in [2.75, 3.05) is 0 Å². The summed E-state index contributed by atoms with van der Waals surface area (Å²) in [6.45, 7) is 4.68. The van der Waals surface area contributed by atoms with Crippen LogP contribution in [0.25, 0.3) is 0 Å². The Morgan fingerprint density at radius 2 is 0.970 bits per heavy atom. The smallest absolute Gasteiger partial charge is 0.0205 e. The Kier molecular flexibility index (Phi) is 10.7. The molecule has 3 fully saturated rings. The molecule has 0 radical (unpaired) electrons. The molecule has 3 saturated carbocycles. The normalized spacial score (nSPS) is 40.1. The summed E-state index contributed by atoms with van der Waals surface area (Å²) in [5.74, 6) is 8.31. The molecule has 2 unspecified atom stereocenters. The minimum absolute atomic E-state index is 0.906. The molecule has 4 aliphatic rings. The number of allylic oxidation sites excluding steroid dienone is 2. The fourth-order valence-corrected chi connectivity index (χ4v) is 8.76. The third-order valence-corrected chi connectivity index (χ3v) is 11.1. The highest BCUT2D eigenvalue weighted by Gasteiger charge is 2.36. The van der Waals surface area contributed by atoms with Crippen molar-refractivity contribution in [1.82, 2.24) is 0 Å². The van der Waals surface area contributed by atoms with Crippen molar-refractivity contribution in [2.24, 2.45) is 47.3 Å². The zero-order chi connectivity index (χ0) is 22.9. The third-order valence-electron chi connectivity index (χ3n) is 11.1. The molecule has 0 saturated heterocycles. The predicted octanol–water partition coefficient (Wildman–Crippen LogP) is 10.8. The van der Waals surface area contributed by atoms with E-state index in [2.05, 4.69) is 26.0 Å². The predicted molar refractivity (Wildman–Crippen MR) is 145 cm³/mol. The van der Waals surface area contributed by atoms with Gasteiger partial charge in [0.15, 0.2) is 0 Å². The molecule has 0 aliphatic heterocycles. The minimum Gasteiger partial charge on any atom is -0.0851 e. The Labute approximate surface area is 208 Å². The van der Waals surface area contributed by atoms with E-state index < -0.39 is 0 Å². The standard InChI is InChI=1S/C33H58/c1-3-5-7-9-27-12-16-29(17-13-27)31-20-24-33(25-21-31)32-22-18-30(19-23-32)28-14-10-26(11-15-28)8-6-4-2/h10,14,26-33H,3-9,11-13,15-25H2,1-2H3. The Morgan fingerprint density at radius 3 is 1.45 bits per heavy atom. The lowest BCUT2D eigenvalue weighted by Gasteiger charge is -2.42. The SMILES string of the molecule is CCCCCC1CCC(C2CCC(C3CCC(C4C=CC(CCCC)CC4)CC3)CC2)CC1. The first-order valence-electron chi connectivity index (χ1n) is 15.9. The molecular formula is C33H58. The number of unbranched alkanes of at least 4 members (excludes halogenated alkanes) is 3. The molecule has 0 N–H and O–H groups in total. The largest absolute Gasteiger partial charge is 0.0851 e. The van der Waals surface area contributed by atoms with Crippen molar-refractivity contribution < 1.29 is 0 Å². The monoisotopic (exact) mass is 454 g/mol. The molecule has 33 heavy (non-hydrogen) atoms. The van der Waals surface area contributed by atoms with Crippen molar-refractivity contribution in [3.05, 3.63) is 12.2 Å². The Bertz CT molecular complexity index is 536. The van der Waals surface area contributed by atoms with Gasteiger partial charge in [0.2, 0.25) is 0 Å². The van der Waals surface area contributed by atoms with Crippen LogP contribution in [0.5, 0.6) is 0 Å². The molecule has 0 aromatic carbocycles. The second kappa shape index (κ2) is 13.7. The first kappa shape index (κ1) is 25.8. The molecule has 0 heterocycles. The minimum atomic E-state index is 0.906. The number of rotatable bonds is 10. The molecule has 0 spiro atoms. The number of hydrogen-bond acceptors (Lipinski definition) is 0. The average Bonchev–Trinajstić information content (AvgIpc) is 2.89. The second-order valence-corrected chi connectivity index (χ2v) is 13.2. The van der Waals surface area contributed by atoms with Gasteiger partial charge in [-0.2, -0.15) is 0 Å². The molecule has 190 valence electrons. The lowest BCUT2D eigenvalue weighted by atomic mass is 9.63. The lowest BCUT2D eigenvalue weighted by Crippen LogP contribution is -2.31. The topological polar surface area (TPSA) is 0 Å². The van der Waals surface area contributed by atoms with Crippen LogP contribution in [0.2, 0.25) is 0 Å². The van der Waals surface area contributed by atoms with Crippen molar-refractivity contribution in [3.63, 3.8) is 0 Å².